The highest BCUT2D eigenvalue weighted by molar-refractivity contribution is 5.69. The first-order chi connectivity index (χ1) is 15.0. The third-order valence-corrected chi connectivity index (χ3v) is 4.85. The van der Waals surface area contributed by atoms with Gasteiger partial charge in [0.15, 0.2) is 0 Å². The van der Waals surface area contributed by atoms with Crippen LogP contribution in [0.4, 0.5) is 0 Å². The number of carbonyl (C=O) groups is 1. The van der Waals surface area contributed by atoms with E-state index in [1.165, 1.54) is 40.9 Å². The van der Waals surface area contributed by atoms with Gasteiger partial charge in [-0.05, 0) is 69.7 Å². The summed E-state index contributed by atoms with van der Waals surface area (Å²) in [7, 11) is 4.50. The quantitative estimate of drug-likeness (QED) is 0.429. The van der Waals surface area contributed by atoms with Crippen LogP contribution in [0.5, 0.6) is 11.5 Å². The molecule has 0 aliphatic heterocycles. The number of esters is 1. The molecule has 1 aliphatic carbocycles. The minimum Gasteiger partial charge on any atom is -0.506 e. The zero-order valence-electron chi connectivity index (χ0n) is 19.6. The standard InChI is InChI=1S/C21H25NO3.3CH5N/c1-14-4-3-5-17(12-14)21-20(24)11-8-18(22-21)13-16-6-9-19(10-7-16)25-15(2)23;3*1-2/h6-11,14,17,24H,3-5,12-13H2,1-2H3;3*2H2,1H3. The predicted molar refractivity (Wildman–Crippen MR) is 127 cm³/mol. The Morgan fingerprint density at radius 3 is 2.19 bits per heavy atom. The van der Waals surface area contributed by atoms with Crippen molar-refractivity contribution in [1.82, 2.24) is 4.98 Å². The molecule has 0 spiro atoms. The van der Waals surface area contributed by atoms with Crippen LogP contribution in [-0.4, -0.2) is 37.2 Å². The van der Waals surface area contributed by atoms with Crippen LogP contribution in [-0.2, 0) is 11.2 Å². The van der Waals surface area contributed by atoms with Crippen molar-refractivity contribution in [2.75, 3.05) is 21.1 Å². The predicted octanol–water partition coefficient (Wildman–Crippen LogP) is 3.32. The highest BCUT2D eigenvalue weighted by Gasteiger charge is 2.24. The first-order valence-corrected chi connectivity index (χ1v) is 10.7. The van der Waals surface area contributed by atoms with E-state index in [0.717, 1.165) is 29.8 Å². The summed E-state index contributed by atoms with van der Waals surface area (Å²) < 4.78 is 5.06. The average molecular weight is 433 g/mol. The van der Waals surface area contributed by atoms with Gasteiger partial charge >= 0.3 is 5.97 Å². The summed E-state index contributed by atoms with van der Waals surface area (Å²) in [6.45, 7) is 3.67. The minimum atomic E-state index is -0.320. The summed E-state index contributed by atoms with van der Waals surface area (Å²) in [5, 5.41) is 10.2. The zero-order chi connectivity index (χ0) is 23.8. The molecule has 2 unspecified atom stereocenters. The Hall–Kier alpha value is -2.48. The van der Waals surface area contributed by atoms with Crippen molar-refractivity contribution < 1.29 is 14.6 Å². The lowest BCUT2D eigenvalue weighted by Gasteiger charge is -2.27. The molecule has 1 aromatic heterocycles. The molecule has 1 saturated carbocycles. The Balaban J connectivity index is 0.00000138. The van der Waals surface area contributed by atoms with E-state index in [1.807, 2.05) is 18.2 Å². The third kappa shape index (κ3) is 9.91. The molecule has 1 heterocycles. The molecule has 0 radical (unpaired) electrons. The van der Waals surface area contributed by atoms with Gasteiger partial charge in [0.25, 0.3) is 0 Å². The third-order valence-electron chi connectivity index (χ3n) is 4.85. The van der Waals surface area contributed by atoms with Crippen molar-refractivity contribution >= 4 is 5.97 Å². The first-order valence-electron chi connectivity index (χ1n) is 10.7. The number of nitrogens with two attached hydrogens (primary N) is 3. The molecule has 174 valence electrons. The number of rotatable bonds is 4. The Labute approximate surface area is 187 Å². The van der Waals surface area contributed by atoms with Gasteiger partial charge in [-0.15, -0.1) is 0 Å². The summed E-state index contributed by atoms with van der Waals surface area (Å²) in [6.07, 6.45) is 5.36. The number of hydrogen-bond acceptors (Lipinski definition) is 7. The number of benzene rings is 1. The van der Waals surface area contributed by atoms with Crippen LogP contribution in [0.25, 0.3) is 0 Å². The van der Waals surface area contributed by atoms with E-state index in [-0.39, 0.29) is 5.97 Å². The van der Waals surface area contributed by atoms with Crippen molar-refractivity contribution in [3.8, 4) is 11.5 Å². The first kappa shape index (κ1) is 28.5. The second-order valence-electron chi connectivity index (χ2n) is 7.09. The lowest BCUT2D eigenvalue weighted by Crippen LogP contribution is -2.13. The van der Waals surface area contributed by atoms with Crippen molar-refractivity contribution in [1.29, 1.82) is 0 Å². The molecule has 0 bridgehead atoms. The Bertz CT molecular complexity index is 751. The van der Waals surface area contributed by atoms with Crippen LogP contribution < -0.4 is 21.9 Å². The fourth-order valence-electron chi connectivity index (χ4n) is 3.64. The van der Waals surface area contributed by atoms with Gasteiger partial charge in [0.05, 0.1) is 5.69 Å². The largest absolute Gasteiger partial charge is 0.506 e. The summed E-state index contributed by atoms with van der Waals surface area (Å²) in [5.74, 6) is 1.59. The highest BCUT2D eigenvalue weighted by Crippen LogP contribution is 2.38. The number of nitrogens with zero attached hydrogens (tertiary/aromatic N) is 1. The van der Waals surface area contributed by atoms with Crippen LogP contribution in [0, 0.1) is 5.92 Å². The molecule has 0 saturated heterocycles. The lowest BCUT2D eigenvalue weighted by molar-refractivity contribution is -0.131. The molecule has 2 aromatic rings. The molecule has 1 aromatic carbocycles. The normalized spacial score (nSPS) is 16.9. The molecule has 31 heavy (non-hydrogen) atoms. The average Bonchev–Trinajstić information content (AvgIpc) is 2.80. The number of carbonyl (C=O) groups excluding carboxylic acids is 1. The fraction of sp³-hybridized carbons (Fsp3) is 0.500. The van der Waals surface area contributed by atoms with E-state index in [1.54, 1.807) is 18.2 Å². The highest BCUT2D eigenvalue weighted by atomic mass is 16.5. The summed E-state index contributed by atoms with van der Waals surface area (Å²) >= 11 is 0. The van der Waals surface area contributed by atoms with Gasteiger partial charge in [-0.3, -0.25) is 9.78 Å². The smallest absolute Gasteiger partial charge is 0.308 e. The molecule has 1 fully saturated rings. The van der Waals surface area contributed by atoms with E-state index in [9.17, 15) is 9.90 Å². The summed E-state index contributed by atoms with van der Waals surface area (Å²) in [4.78, 5) is 15.7. The Kier molecular flexibility index (Phi) is 14.9. The van der Waals surface area contributed by atoms with Crippen LogP contribution >= 0.6 is 0 Å². The Morgan fingerprint density at radius 1 is 1.03 bits per heavy atom. The maximum Gasteiger partial charge on any atom is 0.308 e. The fourth-order valence-corrected chi connectivity index (χ4v) is 3.64. The van der Waals surface area contributed by atoms with Gasteiger partial charge in [0.1, 0.15) is 11.5 Å². The molecule has 7 heteroatoms. The van der Waals surface area contributed by atoms with E-state index in [2.05, 4.69) is 24.1 Å². The van der Waals surface area contributed by atoms with Crippen molar-refractivity contribution in [3.05, 3.63) is 53.3 Å². The maximum atomic E-state index is 11.0. The van der Waals surface area contributed by atoms with E-state index < -0.39 is 0 Å². The molecule has 3 rings (SSSR count). The zero-order valence-corrected chi connectivity index (χ0v) is 19.6. The van der Waals surface area contributed by atoms with Gasteiger partial charge in [-0.1, -0.05) is 31.9 Å². The van der Waals surface area contributed by atoms with Crippen LogP contribution in [0.2, 0.25) is 0 Å². The van der Waals surface area contributed by atoms with Gasteiger partial charge in [0.2, 0.25) is 0 Å². The molecular formula is C24H40N4O3. The molecule has 7 N–H and O–H groups in total. The van der Waals surface area contributed by atoms with Crippen molar-refractivity contribution in [2.24, 2.45) is 23.1 Å². The molecule has 0 amide bonds. The second-order valence-corrected chi connectivity index (χ2v) is 7.09. The number of hydrogen-bond donors (Lipinski definition) is 4. The van der Waals surface area contributed by atoms with E-state index in [4.69, 9.17) is 9.72 Å². The van der Waals surface area contributed by atoms with E-state index >= 15 is 0 Å². The van der Waals surface area contributed by atoms with Gasteiger partial charge < -0.3 is 27.0 Å². The van der Waals surface area contributed by atoms with Crippen molar-refractivity contribution in [3.63, 3.8) is 0 Å². The van der Waals surface area contributed by atoms with Crippen LogP contribution in [0.15, 0.2) is 36.4 Å². The van der Waals surface area contributed by atoms with Gasteiger partial charge in [0, 0.05) is 25.0 Å². The summed E-state index contributed by atoms with van der Waals surface area (Å²) in [5.41, 5.74) is 16.4. The number of pyridine rings is 1. The maximum absolute atomic E-state index is 11.0. The molecule has 1 aliphatic rings. The lowest BCUT2D eigenvalue weighted by atomic mass is 9.80. The SMILES string of the molecule is CC(=O)Oc1ccc(Cc2ccc(O)c(C3CCCC(C)C3)n2)cc1.CN.CN.CN. The topological polar surface area (TPSA) is 137 Å². The number of aromatic nitrogens is 1. The van der Waals surface area contributed by atoms with Gasteiger partial charge in [-0.25, -0.2) is 0 Å². The number of aromatic hydroxyl groups is 1. The summed E-state index contributed by atoms with van der Waals surface area (Å²) in [6, 6.07) is 11.1. The second kappa shape index (κ2) is 16.2. The number of ether oxygens (including phenoxy) is 1. The molecule has 7 nitrogen and oxygen atoms in total. The van der Waals surface area contributed by atoms with Crippen LogP contribution in [0.1, 0.15) is 62.4 Å². The Morgan fingerprint density at radius 2 is 1.65 bits per heavy atom. The monoisotopic (exact) mass is 432 g/mol. The van der Waals surface area contributed by atoms with E-state index in [0.29, 0.717) is 29.8 Å². The molecule has 2 atom stereocenters. The van der Waals surface area contributed by atoms with Gasteiger partial charge in [-0.2, -0.15) is 0 Å². The van der Waals surface area contributed by atoms with Crippen LogP contribution in [0.3, 0.4) is 0 Å². The van der Waals surface area contributed by atoms with Crippen molar-refractivity contribution in [2.45, 2.75) is 51.9 Å². The minimum absolute atomic E-state index is 0.313. The molecular weight excluding hydrogens is 392 g/mol.